The van der Waals surface area contributed by atoms with Crippen molar-refractivity contribution in [2.45, 2.75) is 52.9 Å². The number of ether oxygens (including phenoxy) is 1. The first kappa shape index (κ1) is 20.6. The summed E-state index contributed by atoms with van der Waals surface area (Å²) in [6, 6.07) is 5.91. The lowest BCUT2D eigenvalue weighted by Gasteiger charge is -2.30. The van der Waals surface area contributed by atoms with Crippen LogP contribution in [0.1, 0.15) is 58.6 Å². The zero-order valence-electron chi connectivity index (χ0n) is 16.3. The van der Waals surface area contributed by atoms with Crippen LogP contribution in [-0.4, -0.2) is 49.2 Å². The fourth-order valence-corrected chi connectivity index (χ4v) is 2.90. The number of carbonyl (C=O) groups excluding carboxylic acids is 1. The van der Waals surface area contributed by atoms with E-state index in [-0.39, 0.29) is 11.9 Å². The number of aromatic nitrogens is 1. The molecule has 24 heavy (non-hydrogen) atoms. The molecule has 1 rings (SSSR count). The molecule has 1 aromatic heterocycles. The predicted molar refractivity (Wildman–Crippen MR) is 98.8 cm³/mol. The first-order valence-corrected chi connectivity index (χ1v) is 9.08. The smallest absolute Gasteiger partial charge is 0.311 e. The summed E-state index contributed by atoms with van der Waals surface area (Å²) in [6.45, 7) is 10.7. The Labute approximate surface area is 147 Å². The summed E-state index contributed by atoms with van der Waals surface area (Å²) >= 11 is 0. The average Bonchev–Trinajstić information content (AvgIpc) is 2.53. The number of quaternary nitrogens is 1. The molecule has 0 fully saturated rings. The van der Waals surface area contributed by atoms with Gasteiger partial charge in [0.15, 0.2) is 0 Å². The summed E-state index contributed by atoms with van der Waals surface area (Å²) in [6.07, 6.45) is 4.93. The van der Waals surface area contributed by atoms with Gasteiger partial charge in [0, 0.05) is 11.9 Å². The molecule has 0 aliphatic carbocycles. The van der Waals surface area contributed by atoms with Crippen LogP contribution in [0.15, 0.2) is 24.4 Å². The van der Waals surface area contributed by atoms with Crippen molar-refractivity contribution < 1.29 is 14.0 Å². The van der Waals surface area contributed by atoms with Gasteiger partial charge in [-0.2, -0.15) is 0 Å². The molecule has 0 amide bonds. The molecule has 0 spiro atoms. The Morgan fingerprint density at radius 1 is 1.29 bits per heavy atom. The maximum Gasteiger partial charge on any atom is 0.311 e. The van der Waals surface area contributed by atoms with Gasteiger partial charge in [0.2, 0.25) is 0 Å². The lowest BCUT2D eigenvalue weighted by molar-refractivity contribution is -0.890. The average molecular weight is 336 g/mol. The number of hydrogen-bond donors (Lipinski definition) is 0. The highest BCUT2D eigenvalue weighted by Gasteiger charge is 2.32. The summed E-state index contributed by atoms with van der Waals surface area (Å²) in [4.78, 5) is 16.9. The van der Waals surface area contributed by atoms with E-state index < -0.39 is 5.41 Å². The lowest BCUT2D eigenvalue weighted by atomic mass is 9.82. The van der Waals surface area contributed by atoms with Crippen molar-refractivity contribution >= 4 is 5.97 Å². The maximum absolute atomic E-state index is 12.5. The summed E-state index contributed by atoms with van der Waals surface area (Å²) < 4.78 is 6.48. The van der Waals surface area contributed by atoms with E-state index in [1.54, 1.807) is 6.20 Å². The topological polar surface area (TPSA) is 39.2 Å². The standard InChI is InChI=1S/C20H35N2O2/c1-7-8-13-22(5,6)14-15-24-19(23)20(3,4)16-17(2)18-11-9-10-12-21-18/h9-12,17H,7-8,13-16H2,1-6H3/q+1. The van der Waals surface area contributed by atoms with Crippen LogP contribution < -0.4 is 0 Å². The number of pyridine rings is 1. The first-order chi connectivity index (χ1) is 11.2. The van der Waals surface area contributed by atoms with E-state index in [0.29, 0.717) is 6.61 Å². The largest absolute Gasteiger partial charge is 0.459 e. The molecule has 0 N–H and O–H groups in total. The van der Waals surface area contributed by atoms with E-state index in [0.717, 1.165) is 29.7 Å². The molecular weight excluding hydrogens is 300 g/mol. The number of nitrogens with zero attached hydrogens (tertiary/aromatic N) is 2. The fourth-order valence-electron chi connectivity index (χ4n) is 2.90. The van der Waals surface area contributed by atoms with E-state index in [9.17, 15) is 4.79 Å². The Hall–Kier alpha value is -1.42. The van der Waals surface area contributed by atoms with E-state index in [1.807, 2.05) is 32.0 Å². The Bertz CT molecular complexity index is 498. The second-order valence-corrected chi connectivity index (χ2v) is 8.12. The molecule has 4 heteroatoms. The van der Waals surface area contributed by atoms with Gasteiger partial charge in [-0.3, -0.25) is 9.78 Å². The SMILES string of the molecule is CCCC[N+](C)(C)CCOC(=O)C(C)(C)CC(C)c1ccccn1. The zero-order valence-corrected chi connectivity index (χ0v) is 16.3. The number of esters is 1. The van der Waals surface area contributed by atoms with Crippen LogP contribution in [-0.2, 0) is 9.53 Å². The molecule has 0 aliphatic rings. The second-order valence-electron chi connectivity index (χ2n) is 8.12. The van der Waals surface area contributed by atoms with Gasteiger partial charge < -0.3 is 9.22 Å². The summed E-state index contributed by atoms with van der Waals surface area (Å²) in [5, 5.41) is 0. The Morgan fingerprint density at radius 3 is 2.58 bits per heavy atom. The third-order valence-electron chi connectivity index (χ3n) is 4.61. The second kappa shape index (κ2) is 9.16. The predicted octanol–water partition coefficient (Wildman–Crippen LogP) is 4.02. The number of carbonyl (C=O) groups is 1. The highest BCUT2D eigenvalue weighted by Crippen LogP contribution is 2.31. The molecule has 0 saturated heterocycles. The van der Waals surface area contributed by atoms with Crippen molar-refractivity contribution in [2.24, 2.45) is 5.41 Å². The zero-order chi connectivity index (χ0) is 18.2. The summed E-state index contributed by atoms with van der Waals surface area (Å²) in [5.74, 6) is 0.117. The number of rotatable bonds is 10. The highest BCUT2D eigenvalue weighted by molar-refractivity contribution is 5.76. The number of unbranched alkanes of at least 4 members (excludes halogenated alkanes) is 1. The maximum atomic E-state index is 12.5. The monoisotopic (exact) mass is 335 g/mol. The van der Waals surface area contributed by atoms with Crippen molar-refractivity contribution in [3.05, 3.63) is 30.1 Å². The van der Waals surface area contributed by atoms with Gasteiger partial charge in [-0.15, -0.1) is 0 Å². The molecule has 1 aromatic rings. The Balaban J connectivity index is 2.47. The summed E-state index contributed by atoms with van der Waals surface area (Å²) in [5.41, 5.74) is 0.521. The molecule has 4 nitrogen and oxygen atoms in total. The van der Waals surface area contributed by atoms with E-state index in [1.165, 1.54) is 12.8 Å². The molecule has 0 saturated carbocycles. The number of likely N-dealkylation sites (N-methyl/N-ethyl adjacent to an activating group) is 1. The van der Waals surface area contributed by atoms with Crippen molar-refractivity contribution in [1.29, 1.82) is 0 Å². The van der Waals surface area contributed by atoms with Crippen LogP contribution in [0.4, 0.5) is 0 Å². The van der Waals surface area contributed by atoms with Crippen LogP contribution in [0.5, 0.6) is 0 Å². The first-order valence-electron chi connectivity index (χ1n) is 9.08. The van der Waals surface area contributed by atoms with Crippen molar-refractivity contribution in [2.75, 3.05) is 33.8 Å². The molecule has 0 aromatic carbocycles. The van der Waals surface area contributed by atoms with Crippen molar-refractivity contribution in [1.82, 2.24) is 4.98 Å². The van der Waals surface area contributed by atoms with Gasteiger partial charge >= 0.3 is 5.97 Å². The Morgan fingerprint density at radius 2 is 2.00 bits per heavy atom. The molecule has 0 aliphatic heterocycles. The van der Waals surface area contributed by atoms with Crippen LogP contribution in [0, 0.1) is 5.41 Å². The molecule has 1 unspecified atom stereocenters. The van der Waals surface area contributed by atoms with Crippen molar-refractivity contribution in [3.8, 4) is 0 Å². The minimum Gasteiger partial charge on any atom is -0.459 e. The minimum atomic E-state index is -0.502. The molecule has 0 bridgehead atoms. The third-order valence-corrected chi connectivity index (χ3v) is 4.61. The van der Waals surface area contributed by atoms with Crippen molar-refractivity contribution in [3.63, 3.8) is 0 Å². The molecule has 0 radical (unpaired) electrons. The van der Waals surface area contributed by atoms with Gasteiger partial charge in [-0.05, 0) is 44.7 Å². The minimum absolute atomic E-state index is 0.110. The van der Waals surface area contributed by atoms with Gasteiger partial charge in [-0.25, -0.2) is 0 Å². The fraction of sp³-hybridized carbons (Fsp3) is 0.700. The van der Waals surface area contributed by atoms with Gasteiger partial charge in [0.25, 0.3) is 0 Å². The highest BCUT2D eigenvalue weighted by atomic mass is 16.5. The van der Waals surface area contributed by atoms with E-state index >= 15 is 0 Å². The molecule has 1 heterocycles. The summed E-state index contributed by atoms with van der Waals surface area (Å²) in [7, 11) is 4.38. The normalized spacial score (nSPS) is 13.6. The lowest BCUT2D eigenvalue weighted by Crippen LogP contribution is -2.43. The Kier molecular flexibility index (Phi) is 7.88. The quantitative estimate of drug-likeness (QED) is 0.479. The third kappa shape index (κ3) is 7.00. The van der Waals surface area contributed by atoms with Crippen LogP contribution in [0.25, 0.3) is 0 Å². The van der Waals surface area contributed by atoms with Gasteiger partial charge in [-0.1, -0.05) is 26.3 Å². The van der Waals surface area contributed by atoms with E-state index in [2.05, 4.69) is 32.9 Å². The van der Waals surface area contributed by atoms with Gasteiger partial charge in [0.05, 0.1) is 26.1 Å². The van der Waals surface area contributed by atoms with Crippen LogP contribution in [0.3, 0.4) is 0 Å². The molecule has 1 atom stereocenters. The van der Waals surface area contributed by atoms with Crippen LogP contribution in [0.2, 0.25) is 0 Å². The molecule has 136 valence electrons. The van der Waals surface area contributed by atoms with E-state index in [4.69, 9.17) is 4.74 Å². The molecular formula is C20H35N2O2+. The number of hydrogen-bond acceptors (Lipinski definition) is 3. The van der Waals surface area contributed by atoms with Crippen LogP contribution >= 0.6 is 0 Å². The van der Waals surface area contributed by atoms with Gasteiger partial charge in [0.1, 0.15) is 13.2 Å².